The van der Waals surface area contributed by atoms with Gasteiger partial charge in [0.25, 0.3) is 0 Å². The summed E-state index contributed by atoms with van der Waals surface area (Å²) >= 11 is 7.58. The third-order valence-corrected chi connectivity index (χ3v) is 6.51. The molecule has 1 N–H and O–H groups in total. The normalized spacial score (nSPS) is 12.7. The fraction of sp³-hybridized carbons (Fsp3) is 0.440. The summed E-state index contributed by atoms with van der Waals surface area (Å²) in [6.07, 6.45) is 1.38. The molecule has 2 aromatic rings. The highest BCUT2D eigenvalue weighted by molar-refractivity contribution is 7.99. The molecular weight excluding hydrogens is 444 g/mol. The zero-order chi connectivity index (χ0) is 23.5. The molecule has 0 radical (unpaired) electrons. The van der Waals surface area contributed by atoms with Gasteiger partial charge in [-0.25, -0.2) is 0 Å². The van der Waals surface area contributed by atoms with Crippen LogP contribution in [0.2, 0.25) is 5.02 Å². The molecular formula is C25H33ClN2O3S. The average molecular weight is 477 g/mol. The predicted octanol–water partition coefficient (Wildman–Crippen LogP) is 5.30. The standard InChI is InChI=1S/C25H33ClN2O3S/c1-5-18(3)27-25(30)23(6-2)28(15-19-10-12-22(31-4)13-11-19)24(29)17-32-16-20-8-7-9-21(26)14-20/h7-14,18,23H,5-6,15-17H2,1-4H3,(H,27,30)/t18-,23+/m1/s1. The van der Waals surface area contributed by atoms with E-state index in [2.05, 4.69) is 5.32 Å². The van der Waals surface area contributed by atoms with Crippen LogP contribution in [0.15, 0.2) is 48.5 Å². The van der Waals surface area contributed by atoms with Crippen molar-refractivity contribution in [3.8, 4) is 5.75 Å². The van der Waals surface area contributed by atoms with Gasteiger partial charge < -0.3 is 15.0 Å². The van der Waals surface area contributed by atoms with Crippen LogP contribution in [0.1, 0.15) is 44.7 Å². The van der Waals surface area contributed by atoms with Gasteiger partial charge in [-0.15, -0.1) is 11.8 Å². The molecule has 0 aliphatic carbocycles. The Labute approximate surface area is 200 Å². The maximum Gasteiger partial charge on any atom is 0.243 e. The second-order valence-electron chi connectivity index (χ2n) is 7.73. The Kier molecular flexibility index (Phi) is 10.9. The summed E-state index contributed by atoms with van der Waals surface area (Å²) < 4.78 is 5.23. The molecule has 5 nitrogen and oxygen atoms in total. The van der Waals surface area contributed by atoms with E-state index >= 15 is 0 Å². The molecule has 0 aliphatic heterocycles. The smallest absolute Gasteiger partial charge is 0.243 e. The zero-order valence-electron chi connectivity index (χ0n) is 19.3. The second kappa shape index (κ2) is 13.4. The van der Waals surface area contributed by atoms with Crippen molar-refractivity contribution in [1.29, 1.82) is 0 Å². The Bertz CT molecular complexity index is 876. The number of nitrogens with one attached hydrogen (secondary N) is 1. The number of carbonyl (C=O) groups excluding carboxylic acids is 2. The van der Waals surface area contributed by atoms with Gasteiger partial charge in [0.2, 0.25) is 11.8 Å². The second-order valence-corrected chi connectivity index (χ2v) is 9.16. The summed E-state index contributed by atoms with van der Waals surface area (Å²) in [7, 11) is 1.62. The number of halogens is 1. The quantitative estimate of drug-likeness (QED) is 0.451. The number of rotatable bonds is 12. The minimum atomic E-state index is -0.523. The molecule has 0 spiro atoms. The van der Waals surface area contributed by atoms with Crippen LogP contribution >= 0.6 is 23.4 Å². The fourth-order valence-electron chi connectivity index (χ4n) is 3.25. The van der Waals surface area contributed by atoms with Gasteiger partial charge >= 0.3 is 0 Å². The van der Waals surface area contributed by atoms with Gasteiger partial charge in [-0.05, 0) is 55.2 Å². The Hall–Kier alpha value is -2.18. The maximum atomic E-state index is 13.3. The van der Waals surface area contributed by atoms with E-state index in [-0.39, 0.29) is 23.6 Å². The molecule has 174 valence electrons. The number of amides is 2. The number of benzene rings is 2. The first-order valence-corrected chi connectivity index (χ1v) is 12.5. The van der Waals surface area contributed by atoms with Crippen molar-refractivity contribution in [2.75, 3.05) is 12.9 Å². The Morgan fingerprint density at radius 3 is 2.41 bits per heavy atom. The molecule has 0 saturated carbocycles. The lowest BCUT2D eigenvalue weighted by Gasteiger charge is -2.31. The van der Waals surface area contributed by atoms with Crippen LogP contribution < -0.4 is 10.1 Å². The Balaban J connectivity index is 2.14. The number of carbonyl (C=O) groups is 2. The van der Waals surface area contributed by atoms with E-state index in [0.29, 0.717) is 23.7 Å². The first-order chi connectivity index (χ1) is 15.4. The Morgan fingerprint density at radius 1 is 1.09 bits per heavy atom. The summed E-state index contributed by atoms with van der Waals surface area (Å²) in [5.74, 6) is 1.56. The highest BCUT2D eigenvalue weighted by atomic mass is 35.5. The van der Waals surface area contributed by atoms with E-state index in [1.54, 1.807) is 12.0 Å². The molecule has 0 unspecified atom stereocenters. The van der Waals surface area contributed by atoms with Crippen molar-refractivity contribution in [1.82, 2.24) is 10.2 Å². The third-order valence-electron chi connectivity index (χ3n) is 5.28. The lowest BCUT2D eigenvalue weighted by Crippen LogP contribution is -2.51. The highest BCUT2D eigenvalue weighted by Gasteiger charge is 2.29. The fourth-order valence-corrected chi connectivity index (χ4v) is 4.32. The first-order valence-electron chi connectivity index (χ1n) is 10.9. The van der Waals surface area contributed by atoms with Crippen LogP contribution in [-0.4, -0.2) is 41.7 Å². The summed E-state index contributed by atoms with van der Waals surface area (Å²) in [6.45, 7) is 6.31. The largest absolute Gasteiger partial charge is 0.497 e. The summed E-state index contributed by atoms with van der Waals surface area (Å²) in [4.78, 5) is 27.9. The van der Waals surface area contributed by atoms with E-state index in [1.165, 1.54) is 11.8 Å². The minimum absolute atomic E-state index is 0.0565. The zero-order valence-corrected chi connectivity index (χ0v) is 20.8. The van der Waals surface area contributed by atoms with Gasteiger partial charge in [-0.2, -0.15) is 0 Å². The molecule has 0 saturated heterocycles. The number of methoxy groups -OCH3 is 1. The SMILES string of the molecule is CC[C@@H](C)NC(=O)[C@H](CC)N(Cc1ccc(OC)cc1)C(=O)CSCc1cccc(Cl)c1. The summed E-state index contributed by atoms with van der Waals surface area (Å²) in [5.41, 5.74) is 2.02. The maximum absolute atomic E-state index is 13.3. The number of thioether (sulfide) groups is 1. The summed E-state index contributed by atoms with van der Waals surface area (Å²) in [5, 5.41) is 3.72. The first kappa shape index (κ1) is 26.1. The third kappa shape index (κ3) is 8.06. The van der Waals surface area contributed by atoms with Crippen molar-refractivity contribution in [2.45, 2.75) is 58.0 Å². The number of hydrogen-bond acceptors (Lipinski definition) is 4. The van der Waals surface area contributed by atoms with Crippen molar-refractivity contribution in [3.63, 3.8) is 0 Å². The summed E-state index contributed by atoms with van der Waals surface area (Å²) in [6, 6.07) is 14.8. The van der Waals surface area contributed by atoms with Crippen LogP contribution in [0.25, 0.3) is 0 Å². The van der Waals surface area contributed by atoms with Gasteiger partial charge in [0.1, 0.15) is 11.8 Å². The lowest BCUT2D eigenvalue weighted by atomic mass is 10.1. The molecule has 0 aliphatic rings. The molecule has 0 bridgehead atoms. The molecule has 0 aromatic heterocycles. The highest BCUT2D eigenvalue weighted by Crippen LogP contribution is 2.20. The van der Waals surface area contributed by atoms with Crippen LogP contribution in [-0.2, 0) is 21.9 Å². The molecule has 2 aromatic carbocycles. The minimum Gasteiger partial charge on any atom is -0.497 e. The van der Waals surface area contributed by atoms with Gasteiger partial charge in [-0.1, -0.05) is 49.7 Å². The van der Waals surface area contributed by atoms with Crippen molar-refractivity contribution < 1.29 is 14.3 Å². The van der Waals surface area contributed by atoms with E-state index in [1.807, 2.05) is 69.3 Å². The monoisotopic (exact) mass is 476 g/mol. The molecule has 0 fully saturated rings. The average Bonchev–Trinajstić information content (AvgIpc) is 2.79. The van der Waals surface area contributed by atoms with Gasteiger partial charge in [0, 0.05) is 23.4 Å². The van der Waals surface area contributed by atoms with Crippen LogP contribution in [0.5, 0.6) is 5.75 Å². The number of ether oxygens (including phenoxy) is 1. The van der Waals surface area contributed by atoms with Crippen LogP contribution in [0.3, 0.4) is 0 Å². The number of hydrogen-bond donors (Lipinski definition) is 1. The van der Waals surface area contributed by atoms with Crippen LogP contribution in [0.4, 0.5) is 0 Å². The molecule has 2 amide bonds. The van der Waals surface area contributed by atoms with E-state index in [4.69, 9.17) is 16.3 Å². The predicted molar refractivity (Wildman–Crippen MR) is 133 cm³/mol. The van der Waals surface area contributed by atoms with Gasteiger partial charge in [-0.3, -0.25) is 9.59 Å². The Morgan fingerprint density at radius 2 is 1.81 bits per heavy atom. The van der Waals surface area contributed by atoms with E-state index in [9.17, 15) is 9.59 Å². The topological polar surface area (TPSA) is 58.6 Å². The van der Waals surface area contributed by atoms with Gasteiger partial charge in [0.15, 0.2) is 0 Å². The molecule has 32 heavy (non-hydrogen) atoms. The molecule has 0 heterocycles. The van der Waals surface area contributed by atoms with Crippen molar-refractivity contribution in [3.05, 3.63) is 64.7 Å². The molecule has 2 rings (SSSR count). The van der Waals surface area contributed by atoms with E-state index in [0.717, 1.165) is 23.3 Å². The van der Waals surface area contributed by atoms with Crippen LogP contribution in [0, 0.1) is 0 Å². The lowest BCUT2D eigenvalue weighted by molar-refractivity contribution is -0.139. The van der Waals surface area contributed by atoms with Crippen molar-refractivity contribution >= 4 is 35.2 Å². The van der Waals surface area contributed by atoms with E-state index < -0.39 is 6.04 Å². The van der Waals surface area contributed by atoms with Crippen molar-refractivity contribution in [2.24, 2.45) is 0 Å². The van der Waals surface area contributed by atoms with Gasteiger partial charge in [0.05, 0.1) is 12.9 Å². The molecule has 7 heteroatoms. The molecule has 2 atom stereocenters. The number of nitrogens with zero attached hydrogens (tertiary/aromatic N) is 1.